The Morgan fingerprint density at radius 1 is 0.905 bits per heavy atom. The van der Waals surface area contributed by atoms with Crippen LogP contribution in [0.3, 0.4) is 0 Å². The smallest absolute Gasteiger partial charge is 0.445 e. The highest BCUT2D eigenvalue weighted by Crippen LogP contribution is 2.41. The minimum atomic E-state index is -0.937. The molecule has 2 aliphatic heterocycles. The molecule has 42 heavy (non-hydrogen) atoms. The number of hydrogen-bond acceptors (Lipinski definition) is 4. The first kappa shape index (κ1) is 29.7. The summed E-state index contributed by atoms with van der Waals surface area (Å²) in [5.41, 5.74) is 1.85. The van der Waals surface area contributed by atoms with Gasteiger partial charge in [-0.15, -0.1) is 0 Å². The largest absolute Gasteiger partial charge is 0.514 e. The van der Waals surface area contributed by atoms with Crippen molar-refractivity contribution in [1.29, 1.82) is 0 Å². The molecule has 2 aliphatic rings. The molecule has 2 heterocycles. The summed E-state index contributed by atoms with van der Waals surface area (Å²) < 4.78 is 33.4. The molecule has 2 saturated heterocycles. The highest BCUT2D eigenvalue weighted by atomic mass is 19.1. The molecule has 0 saturated carbocycles. The van der Waals surface area contributed by atoms with E-state index in [0.29, 0.717) is 26.2 Å². The van der Waals surface area contributed by atoms with Crippen molar-refractivity contribution in [2.75, 3.05) is 32.7 Å². The van der Waals surface area contributed by atoms with Crippen LogP contribution in [-0.2, 0) is 11.3 Å². The zero-order valence-corrected chi connectivity index (χ0v) is 24.2. The lowest BCUT2D eigenvalue weighted by atomic mass is 9.79. The maximum Gasteiger partial charge on any atom is 0.514 e. The van der Waals surface area contributed by atoms with E-state index in [0.717, 1.165) is 16.7 Å². The summed E-state index contributed by atoms with van der Waals surface area (Å²) in [6, 6.07) is 21.3. The van der Waals surface area contributed by atoms with Gasteiger partial charge in [0.05, 0.1) is 12.1 Å². The van der Waals surface area contributed by atoms with Crippen molar-refractivity contribution in [2.24, 2.45) is 0 Å². The number of carbonyl (C=O) groups is 2. The number of rotatable bonds is 5. The number of halogens is 2. The molecule has 3 aromatic carbocycles. The van der Waals surface area contributed by atoms with Crippen molar-refractivity contribution in [3.63, 3.8) is 0 Å². The van der Waals surface area contributed by atoms with Crippen molar-refractivity contribution in [1.82, 2.24) is 9.80 Å². The summed E-state index contributed by atoms with van der Waals surface area (Å²) in [6.07, 6.45) is -1.37. The van der Waals surface area contributed by atoms with Crippen LogP contribution in [0.25, 0.3) is 0 Å². The number of hydrogen-bond donors (Lipinski definition) is 1. The van der Waals surface area contributed by atoms with Gasteiger partial charge in [-0.3, -0.25) is 4.90 Å². The highest BCUT2D eigenvalue weighted by Gasteiger charge is 2.58. The maximum atomic E-state index is 14.0. The lowest BCUT2D eigenvalue weighted by Gasteiger charge is -2.58. The van der Waals surface area contributed by atoms with Crippen LogP contribution in [0.2, 0.25) is 0 Å². The van der Waals surface area contributed by atoms with Crippen LogP contribution in [-0.4, -0.2) is 81.9 Å². The fourth-order valence-electron chi connectivity index (χ4n) is 6.57. The Balaban J connectivity index is 1.51. The van der Waals surface area contributed by atoms with Gasteiger partial charge in [0.25, 0.3) is 0 Å². The van der Waals surface area contributed by atoms with Gasteiger partial charge in [-0.1, -0.05) is 54.6 Å². The van der Waals surface area contributed by atoms with E-state index in [1.54, 1.807) is 29.2 Å². The van der Waals surface area contributed by atoms with Crippen molar-refractivity contribution >= 4 is 12.2 Å². The van der Waals surface area contributed by atoms with E-state index in [2.05, 4.69) is 4.90 Å². The second-order valence-corrected chi connectivity index (χ2v) is 12.3. The van der Waals surface area contributed by atoms with Crippen LogP contribution in [0.15, 0.2) is 78.9 Å². The topological polar surface area (TPSA) is 70.1 Å². The van der Waals surface area contributed by atoms with Gasteiger partial charge in [-0.25, -0.2) is 18.1 Å². The van der Waals surface area contributed by atoms with Crippen molar-refractivity contribution in [3.8, 4) is 0 Å². The lowest BCUT2D eigenvalue weighted by molar-refractivity contribution is -0.913. The zero-order chi connectivity index (χ0) is 30.1. The van der Waals surface area contributed by atoms with Crippen molar-refractivity contribution in [3.05, 3.63) is 107 Å². The number of ether oxygens (including phenoxy) is 1. The standard InChI is InChI=1S/C33H37F2N3O4/c1-33(2,3)38(32(40)41)20-28-19-36(31(39)42-22-23-7-5-4-6-8-23)17-18-37(28)29(21-38)30(24-9-13-26(34)14-10-24)25-11-15-27(35)16-12-25/h4-16,28-30H,17-22H2,1-3H3/p+1/t28-,29-,38?/m0/s1. The summed E-state index contributed by atoms with van der Waals surface area (Å²) in [5.74, 6) is -1.10. The lowest BCUT2D eigenvalue weighted by Crippen LogP contribution is -2.78. The Morgan fingerprint density at radius 2 is 1.48 bits per heavy atom. The number of benzene rings is 3. The maximum absolute atomic E-state index is 14.0. The van der Waals surface area contributed by atoms with Crippen LogP contribution in [0.5, 0.6) is 0 Å². The quantitative estimate of drug-likeness (QED) is 0.371. The van der Waals surface area contributed by atoms with E-state index in [-0.39, 0.29) is 47.3 Å². The first-order valence-corrected chi connectivity index (χ1v) is 14.3. The van der Waals surface area contributed by atoms with E-state index in [1.165, 1.54) is 24.3 Å². The van der Waals surface area contributed by atoms with Crippen LogP contribution in [0.1, 0.15) is 43.4 Å². The molecule has 2 fully saturated rings. The van der Waals surface area contributed by atoms with Gasteiger partial charge in [0.2, 0.25) is 0 Å². The van der Waals surface area contributed by atoms with Gasteiger partial charge in [-0.2, -0.15) is 4.79 Å². The summed E-state index contributed by atoms with van der Waals surface area (Å²) >= 11 is 0. The van der Waals surface area contributed by atoms with Gasteiger partial charge >= 0.3 is 12.2 Å². The first-order chi connectivity index (χ1) is 20.0. The highest BCUT2D eigenvalue weighted by molar-refractivity contribution is 5.68. The van der Waals surface area contributed by atoms with Crippen LogP contribution < -0.4 is 0 Å². The number of fused-ring (bicyclic) bond motifs is 1. The molecule has 5 rings (SSSR count). The summed E-state index contributed by atoms with van der Waals surface area (Å²) in [4.78, 5) is 30.3. The molecule has 0 radical (unpaired) electrons. The van der Waals surface area contributed by atoms with Crippen molar-refractivity contribution in [2.45, 2.75) is 50.9 Å². The fraction of sp³-hybridized carbons (Fsp3) is 0.394. The van der Waals surface area contributed by atoms with Gasteiger partial charge < -0.3 is 14.7 Å². The molecule has 3 atom stereocenters. The third-order valence-corrected chi connectivity index (χ3v) is 8.93. The second kappa shape index (κ2) is 11.8. The summed E-state index contributed by atoms with van der Waals surface area (Å²) in [6.45, 7) is 7.76. The Kier molecular flexibility index (Phi) is 8.35. The number of carboxylic acid groups (broad SMARTS) is 1. The average Bonchev–Trinajstić information content (AvgIpc) is 2.97. The minimum Gasteiger partial charge on any atom is -0.445 e. The third kappa shape index (κ3) is 5.89. The van der Waals surface area contributed by atoms with Gasteiger partial charge in [0.1, 0.15) is 36.9 Å². The summed E-state index contributed by atoms with van der Waals surface area (Å²) in [5, 5.41) is 10.8. The molecule has 2 amide bonds. The third-order valence-electron chi connectivity index (χ3n) is 8.93. The molecule has 0 aromatic heterocycles. The van der Waals surface area contributed by atoms with Crippen molar-refractivity contribution < 1.29 is 32.7 Å². The molecule has 222 valence electrons. The van der Waals surface area contributed by atoms with E-state index in [9.17, 15) is 23.5 Å². The number of piperazine rings is 2. The number of carbonyl (C=O) groups excluding carboxylic acids is 1. The normalized spacial score (nSPS) is 23.0. The summed E-state index contributed by atoms with van der Waals surface area (Å²) in [7, 11) is 0. The molecular weight excluding hydrogens is 540 g/mol. The predicted molar refractivity (Wildman–Crippen MR) is 155 cm³/mol. The molecule has 1 unspecified atom stereocenters. The van der Waals surface area contributed by atoms with Crippen LogP contribution >= 0.6 is 0 Å². The van der Waals surface area contributed by atoms with E-state index in [1.807, 2.05) is 51.1 Å². The number of nitrogens with zero attached hydrogens (tertiary/aromatic N) is 3. The average molecular weight is 579 g/mol. The predicted octanol–water partition coefficient (Wildman–Crippen LogP) is 6.10. The minimum absolute atomic E-state index is 0.154. The van der Waals surface area contributed by atoms with Crippen LogP contribution in [0.4, 0.5) is 18.4 Å². The first-order valence-electron chi connectivity index (χ1n) is 14.3. The number of amides is 2. The Labute approximate surface area is 245 Å². The van der Waals surface area contributed by atoms with Gasteiger partial charge in [0.15, 0.2) is 0 Å². The molecule has 0 spiro atoms. The van der Waals surface area contributed by atoms with Crippen LogP contribution in [0, 0.1) is 11.6 Å². The molecule has 7 nitrogen and oxygen atoms in total. The second-order valence-electron chi connectivity index (χ2n) is 12.3. The van der Waals surface area contributed by atoms with E-state index >= 15 is 0 Å². The van der Waals surface area contributed by atoms with Gasteiger partial charge in [0, 0.05) is 25.6 Å². The van der Waals surface area contributed by atoms with Gasteiger partial charge in [-0.05, 0) is 61.7 Å². The van der Waals surface area contributed by atoms with E-state index in [4.69, 9.17) is 4.74 Å². The van der Waals surface area contributed by atoms with E-state index < -0.39 is 17.7 Å². The SMILES string of the molecule is CC(C)(C)[N+]1(C(=O)O)C[C@@H]2CN(C(=O)OCc3ccccc3)CCN2[C@H](C(c2ccc(F)cc2)c2ccc(F)cc2)C1. The Hall–Kier alpha value is -3.82. The Morgan fingerprint density at radius 3 is 2.00 bits per heavy atom. The molecule has 3 aromatic rings. The monoisotopic (exact) mass is 578 g/mol. The molecule has 1 N–H and O–H groups in total. The molecule has 0 aliphatic carbocycles. The zero-order valence-electron chi connectivity index (χ0n) is 24.2. The molecule has 0 bridgehead atoms. The Bertz CT molecular complexity index is 1350. The number of quaternary nitrogens is 1. The molecular formula is C33H38F2N3O4+. The molecule has 9 heteroatoms. The fourth-order valence-corrected chi connectivity index (χ4v) is 6.57.